The Balaban J connectivity index is 4.09. The second kappa shape index (κ2) is 68.8. The van der Waals surface area contributed by atoms with Crippen LogP contribution in [0, 0.1) is 0 Å². The number of carbonyl (C=O) groups is 3. The van der Waals surface area contributed by atoms with Gasteiger partial charge in [0.05, 0.1) is 0 Å². The minimum Gasteiger partial charge on any atom is -0.462 e. The molecular weight excluding hydrogens is 997 g/mol. The fraction of sp³-hybridized carbons (Fsp3) is 0.747. The number of unbranched alkanes of at least 4 members (excludes halogenated alkanes) is 36. The molecule has 6 nitrogen and oxygen atoms in total. The summed E-state index contributed by atoms with van der Waals surface area (Å²) in [6, 6.07) is 0. The van der Waals surface area contributed by atoms with Gasteiger partial charge in [-0.3, -0.25) is 14.4 Å². The lowest BCUT2D eigenvalue weighted by Gasteiger charge is -2.18. The molecule has 0 aliphatic carbocycles. The van der Waals surface area contributed by atoms with Crippen molar-refractivity contribution in [2.45, 2.75) is 348 Å². The fourth-order valence-electron chi connectivity index (χ4n) is 9.89. The van der Waals surface area contributed by atoms with Crippen LogP contribution in [-0.2, 0) is 28.6 Å². The molecule has 0 amide bonds. The van der Waals surface area contributed by atoms with E-state index in [0.29, 0.717) is 19.3 Å². The second-order valence-electron chi connectivity index (χ2n) is 23.1. The summed E-state index contributed by atoms with van der Waals surface area (Å²) in [6.07, 6.45) is 93.1. The molecule has 0 aromatic carbocycles. The van der Waals surface area contributed by atoms with Gasteiger partial charge in [0.15, 0.2) is 6.10 Å². The van der Waals surface area contributed by atoms with E-state index in [9.17, 15) is 14.4 Å². The molecule has 81 heavy (non-hydrogen) atoms. The van der Waals surface area contributed by atoms with Crippen LogP contribution in [-0.4, -0.2) is 37.2 Å². The highest BCUT2D eigenvalue weighted by Crippen LogP contribution is 2.17. The third kappa shape index (κ3) is 67.0. The van der Waals surface area contributed by atoms with Gasteiger partial charge < -0.3 is 14.2 Å². The topological polar surface area (TPSA) is 78.9 Å². The van der Waals surface area contributed by atoms with E-state index in [4.69, 9.17) is 14.2 Å². The lowest BCUT2D eigenvalue weighted by molar-refractivity contribution is -0.167. The lowest BCUT2D eigenvalue weighted by atomic mass is 10.0. The molecule has 6 heteroatoms. The normalized spacial score (nSPS) is 12.7. The predicted molar refractivity (Wildman–Crippen MR) is 353 cm³/mol. The summed E-state index contributed by atoms with van der Waals surface area (Å²) in [7, 11) is 0. The molecule has 0 heterocycles. The smallest absolute Gasteiger partial charge is 0.306 e. The van der Waals surface area contributed by atoms with E-state index in [1.807, 2.05) is 0 Å². The van der Waals surface area contributed by atoms with Gasteiger partial charge in [-0.1, -0.05) is 317 Å². The van der Waals surface area contributed by atoms with Gasteiger partial charge in [-0.2, -0.15) is 0 Å². The predicted octanol–water partition coefficient (Wildman–Crippen LogP) is 24.0. The summed E-state index contributed by atoms with van der Waals surface area (Å²) >= 11 is 0. The van der Waals surface area contributed by atoms with Gasteiger partial charge in [-0.05, 0) is 103 Å². The Morgan fingerprint density at radius 3 is 0.765 bits per heavy atom. The average molecular weight is 1130 g/mol. The van der Waals surface area contributed by atoms with Crippen LogP contribution < -0.4 is 0 Å². The Hall–Kier alpha value is -3.67. The van der Waals surface area contributed by atoms with Gasteiger partial charge >= 0.3 is 17.9 Å². The second-order valence-corrected chi connectivity index (χ2v) is 23.1. The van der Waals surface area contributed by atoms with Crippen molar-refractivity contribution < 1.29 is 28.6 Å². The first-order valence-corrected chi connectivity index (χ1v) is 34.7. The highest BCUT2D eigenvalue weighted by molar-refractivity contribution is 5.71. The largest absolute Gasteiger partial charge is 0.462 e. The first-order valence-electron chi connectivity index (χ1n) is 34.7. The molecule has 1 unspecified atom stereocenters. The summed E-state index contributed by atoms with van der Waals surface area (Å²) in [6.45, 7) is 6.52. The molecule has 0 spiro atoms. The monoisotopic (exact) mass is 1130 g/mol. The summed E-state index contributed by atoms with van der Waals surface area (Å²) < 4.78 is 16.9. The molecule has 0 saturated carbocycles. The highest BCUT2D eigenvalue weighted by Gasteiger charge is 2.19. The quantitative estimate of drug-likeness (QED) is 0.0261. The third-order valence-electron chi connectivity index (χ3n) is 15.1. The van der Waals surface area contributed by atoms with Crippen molar-refractivity contribution in [3.63, 3.8) is 0 Å². The average Bonchev–Trinajstić information content (AvgIpc) is 3.47. The van der Waals surface area contributed by atoms with E-state index in [1.165, 1.54) is 199 Å². The maximum absolute atomic E-state index is 12.9. The fourth-order valence-corrected chi connectivity index (χ4v) is 9.89. The molecule has 0 radical (unpaired) electrons. The van der Waals surface area contributed by atoms with Crippen LogP contribution in [0.2, 0.25) is 0 Å². The molecule has 0 N–H and O–H groups in total. The Kier molecular flexibility index (Phi) is 65.7. The summed E-state index contributed by atoms with van der Waals surface area (Å²) in [5, 5.41) is 0. The van der Waals surface area contributed by atoms with E-state index in [-0.39, 0.29) is 31.1 Å². The van der Waals surface area contributed by atoms with Gasteiger partial charge in [-0.15, -0.1) is 0 Å². The first kappa shape index (κ1) is 77.3. The van der Waals surface area contributed by atoms with Crippen molar-refractivity contribution >= 4 is 17.9 Å². The maximum Gasteiger partial charge on any atom is 0.306 e. The van der Waals surface area contributed by atoms with Crippen molar-refractivity contribution in [2.75, 3.05) is 13.2 Å². The van der Waals surface area contributed by atoms with Crippen LogP contribution in [0.4, 0.5) is 0 Å². The molecule has 0 aliphatic rings. The number of esters is 3. The molecule has 0 aliphatic heterocycles. The number of hydrogen-bond donors (Lipinski definition) is 0. The number of ether oxygens (including phenoxy) is 3. The highest BCUT2D eigenvalue weighted by atomic mass is 16.6. The van der Waals surface area contributed by atoms with Crippen molar-refractivity contribution in [2.24, 2.45) is 0 Å². The molecule has 0 rings (SSSR count). The maximum atomic E-state index is 12.9. The molecule has 0 saturated heterocycles. The van der Waals surface area contributed by atoms with Gasteiger partial charge in [-0.25, -0.2) is 0 Å². The van der Waals surface area contributed by atoms with Crippen LogP contribution in [0.5, 0.6) is 0 Å². The van der Waals surface area contributed by atoms with E-state index in [0.717, 1.165) is 103 Å². The molecular formula is C75H130O6. The van der Waals surface area contributed by atoms with E-state index < -0.39 is 6.10 Å². The minimum absolute atomic E-state index is 0.0749. The number of rotatable bonds is 63. The van der Waals surface area contributed by atoms with Gasteiger partial charge in [0.1, 0.15) is 13.2 Å². The zero-order valence-electron chi connectivity index (χ0n) is 53.5. The Bertz CT molecular complexity index is 1580. The molecule has 0 aromatic rings. The zero-order chi connectivity index (χ0) is 58.5. The van der Waals surface area contributed by atoms with E-state index in [1.54, 1.807) is 0 Å². The number of hydrogen-bond acceptors (Lipinski definition) is 6. The molecule has 466 valence electrons. The van der Waals surface area contributed by atoms with Crippen LogP contribution in [0.15, 0.2) is 97.2 Å². The SMILES string of the molecule is CC/C=C\C/C=C\C/C=C\C/C=C\C/C=C\C/C=C\C/C=C\CCCCCCCCCCCCCC(=O)OCC(COC(=O)CCCCCCCCC)OC(=O)CCCCCCCCCCCCC/C=C\CCCCCCCCCC. The molecule has 1 atom stereocenters. The van der Waals surface area contributed by atoms with Crippen molar-refractivity contribution in [1.82, 2.24) is 0 Å². The minimum atomic E-state index is -0.776. The van der Waals surface area contributed by atoms with Crippen molar-refractivity contribution in [3.05, 3.63) is 97.2 Å². The Labute approximate surface area is 502 Å². The number of allylic oxidation sites excluding steroid dienone is 16. The van der Waals surface area contributed by atoms with Crippen LogP contribution >= 0.6 is 0 Å². The van der Waals surface area contributed by atoms with Crippen LogP contribution in [0.3, 0.4) is 0 Å². The van der Waals surface area contributed by atoms with Gasteiger partial charge in [0.2, 0.25) is 0 Å². The third-order valence-corrected chi connectivity index (χ3v) is 15.1. The summed E-state index contributed by atoms with van der Waals surface area (Å²) in [5.41, 5.74) is 0. The Morgan fingerprint density at radius 1 is 0.259 bits per heavy atom. The van der Waals surface area contributed by atoms with E-state index >= 15 is 0 Å². The summed E-state index contributed by atoms with van der Waals surface area (Å²) in [4.78, 5) is 38.2. The van der Waals surface area contributed by atoms with E-state index in [2.05, 4.69) is 118 Å². The first-order chi connectivity index (χ1) is 40.0. The van der Waals surface area contributed by atoms with Crippen molar-refractivity contribution in [3.8, 4) is 0 Å². The number of carbonyl (C=O) groups excluding carboxylic acids is 3. The van der Waals surface area contributed by atoms with Gasteiger partial charge in [0.25, 0.3) is 0 Å². The summed E-state index contributed by atoms with van der Waals surface area (Å²) in [5.74, 6) is -0.872. The van der Waals surface area contributed by atoms with Crippen LogP contribution in [0.1, 0.15) is 342 Å². The van der Waals surface area contributed by atoms with Crippen LogP contribution in [0.25, 0.3) is 0 Å². The molecule has 0 fully saturated rings. The van der Waals surface area contributed by atoms with Crippen molar-refractivity contribution in [1.29, 1.82) is 0 Å². The zero-order valence-corrected chi connectivity index (χ0v) is 53.5. The molecule has 0 bridgehead atoms. The molecule has 0 aromatic heterocycles. The lowest BCUT2D eigenvalue weighted by Crippen LogP contribution is -2.30. The Morgan fingerprint density at radius 2 is 0.481 bits per heavy atom. The standard InChI is InChI=1S/C75H130O6/c1-4-7-10-13-16-18-20-22-24-26-28-30-32-33-34-35-36-37-38-39-40-41-43-44-46-48-50-52-54-56-59-62-65-68-74(77)80-71-72(70-79-73(76)67-64-61-58-15-12-9-6-3)81-75(78)69-66-63-60-57-55-53-51-49-47-45-42-31-29-27-25-23-21-19-17-14-11-8-5-2/h7,10,16,18,22,24,27-30,33-34,36-37,39-40,72H,4-6,8-9,11-15,17,19-21,23,25-26,31-32,35,38,41-71H2,1-3H3/b10-7-,18-16-,24-22-,29-27-,30-28-,34-33-,37-36-,40-39-. The van der Waals surface area contributed by atoms with Gasteiger partial charge in [0, 0.05) is 19.3 Å².